The lowest BCUT2D eigenvalue weighted by molar-refractivity contribution is -0.115. The molecule has 7 nitrogen and oxygen atoms in total. The molecule has 0 aliphatic heterocycles. The third-order valence-corrected chi connectivity index (χ3v) is 4.72. The van der Waals surface area contributed by atoms with Crippen molar-refractivity contribution >= 4 is 40.9 Å². The number of anilines is 1. The molecule has 2 rings (SSSR count). The highest BCUT2D eigenvalue weighted by molar-refractivity contribution is 7.80. The Balaban J connectivity index is 1.93. The monoisotopic (exact) mass is 441 g/mol. The fraction of sp³-hybridized carbons (Fsp3) is 0.261. The van der Waals surface area contributed by atoms with Gasteiger partial charge in [0, 0.05) is 30.4 Å². The van der Waals surface area contributed by atoms with Crippen LogP contribution in [0.3, 0.4) is 0 Å². The smallest absolute Gasteiger partial charge is 0.253 e. The maximum Gasteiger partial charge on any atom is 0.253 e. The molecule has 0 heterocycles. The topological polar surface area (TPSA) is 79.9 Å². The number of nitrogens with one attached hydrogen (secondary N) is 2. The maximum atomic E-state index is 12.4. The van der Waals surface area contributed by atoms with E-state index in [4.69, 9.17) is 21.7 Å². The van der Waals surface area contributed by atoms with Crippen molar-refractivity contribution in [2.24, 2.45) is 0 Å². The van der Waals surface area contributed by atoms with E-state index in [1.54, 1.807) is 61.6 Å². The van der Waals surface area contributed by atoms with Crippen LogP contribution in [-0.4, -0.2) is 49.1 Å². The zero-order chi connectivity index (χ0) is 22.8. The summed E-state index contributed by atoms with van der Waals surface area (Å²) in [6, 6.07) is 12.3. The highest BCUT2D eigenvalue weighted by Crippen LogP contribution is 2.27. The first-order valence-electron chi connectivity index (χ1n) is 9.83. The lowest BCUT2D eigenvalue weighted by atomic mass is 10.2. The van der Waals surface area contributed by atoms with Crippen LogP contribution >= 0.6 is 12.2 Å². The van der Waals surface area contributed by atoms with Crippen molar-refractivity contribution < 1.29 is 19.1 Å². The normalized spacial score (nSPS) is 10.5. The molecule has 0 atom stereocenters. The first-order chi connectivity index (χ1) is 14.9. The quantitative estimate of drug-likeness (QED) is 0.480. The van der Waals surface area contributed by atoms with Crippen molar-refractivity contribution in [1.82, 2.24) is 10.2 Å². The van der Waals surface area contributed by atoms with Crippen LogP contribution in [0.2, 0.25) is 0 Å². The van der Waals surface area contributed by atoms with E-state index in [1.807, 2.05) is 19.9 Å². The second kappa shape index (κ2) is 11.7. The number of amides is 2. The van der Waals surface area contributed by atoms with Crippen molar-refractivity contribution in [3.63, 3.8) is 0 Å². The standard InChI is InChI=1S/C23H27N3O4S/c1-5-26(6-2)22(28)17-9-11-18(12-10-17)24-23(31)25-21(27)14-8-16-7-13-19(29-3)20(15-16)30-4/h7-15H,5-6H2,1-4H3,(H2,24,25,27,31)/b14-8+. The average molecular weight is 442 g/mol. The fourth-order valence-corrected chi connectivity index (χ4v) is 3.05. The van der Waals surface area contributed by atoms with Gasteiger partial charge in [-0.25, -0.2) is 0 Å². The van der Waals surface area contributed by atoms with E-state index in [0.29, 0.717) is 35.8 Å². The summed E-state index contributed by atoms with van der Waals surface area (Å²) < 4.78 is 10.4. The Kier molecular flexibility index (Phi) is 9.02. The van der Waals surface area contributed by atoms with Crippen LogP contribution in [0.4, 0.5) is 5.69 Å². The molecule has 0 saturated carbocycles. The lowest BCUT2D eigenvalue weighted by Crippen LogP contribution is -2.33. The number of ether oxygens (including phenoxy) is 2. The predicted octanol–water partition coefficient (Wildman–Crippen LogP) is 3.71. The van der Waals surface area contributed by atoms with Gasteiger partial charge in [0.25, 0.3) is 5.91 Å². The van der Waals surface area contributed by atoms with E-state index in [-0.39, 0.29) is 16.9 Å². The van der Waals surface area contributed by atoms with Crippen molar-refractivity contribution in [2.45, 2.75) is 13.8 Å². The molecule has 0 aliphatic carbocycles. The molecule has 31 heavy (non-hydrogen) atoms. The van der Waals surface area contributed by atoms with Gasteiger partial charge < -0.3 is 19.7 Å². The summed E-state index contributed by atoms with van der Waals surface area (Å²) in [5.74, 6) is 0.790. The van der Waals surface area contributed by atoms with Crippen LogP contribution in [-0.2, 0) is 4.79 Å². The van der Waals surface area contributed by atoms with Gasteiger partial charge in [-0.05, 0) is 74.1 Å². The first-order valence-corrected chi connectivity index (χ1v) is 10.2. The van der Waals surface area contributed by atoms with Crippen LogP contribution in [0.5, 0.6) is 11.5 Å². The summed E-state index contributed by atoms with van der Waals surface area (Å²) in [4.78, 5) is 26.2. The number of nitrogens with zero attached hydrogens (tertiary/aromatic N) is 1. The number of thiocarbonyl (C=S) groups is 1. The number of rotatable bonds is 8. The Morgan fingerprint density at radius 2 is 1.65 bits per heavy atom. The Morgan fingerprint density at radius 1 is 1.00 bits per heavy atom. The molecule has 8 heteroatoms. The van der Waals surface area contributed by atoms with Gasteiger partial charge in [0.1, 0.15) is 0 Å². The van der Waals surface area contributed by atoms with E-state index in [1.165, 1.54) is 6.08 Å². The van der Waals surface area contributed by atoms with Crippen LogP contribution in [0.15, 0.2) is 48.5 Å². The molecule has 0 aliphatic rings. The Hall–Kier alpha value is -3.39. The van der Waals surface area contributed by atoms with E-state index >= 15 is 0 Å². The molecule has 0 radical (unpaired) electrons. The molecule has 0 saturated heterocycles. The van der Waals surface area contributed by atoms with Crippen molar-refractivity contribution in [1.29, 1.82) is 0 Å². The van der Waals surface area contributed by atoms with Crippen LogP contribution in [0, 0.1) is 0 Å². The molecule has 0 unspecified atom stereocenters. The average Bonchev–Trinajstić information content (AvgIpc) is 2.78. The number of methoxy groups -OCH3 is 2. The van der Waals surface area contributed by atoms with Gasteiger partial charge in [0.2, 0.25) is 5.91 Å². The van der Waals surface area contributed by atoms with Gasteiger partial charge in [-0.1, -0.05) is 6.07 Å². The zero-order valence-corrected chi connectivity index (χ0v) is 18.9. The summed E-state index contributed by atoms with van der Waals surface area (Å²) in [5.41, 5.74) is 2.05. The van der Waals surface area contributed by atoms with Crippen LogP contribution in [0.1, 0.15) is 29.8 Å². The largest absolute Gasteiger partial charge is 0.493 e. The third-order valence-electron chi connectivity index (χ3n) is 4.51. The van der Waals surface area contributed by atoms with Crippen molar-refractivity contribution in [3.8, 4) is 11.5 Å². The summed E-state index contributed by atoms with van der Waals surface area (Å²) in [7, 11) is 3.11. The van der Waals surface area contributed by atoms with Crippen LogP contribution < -0.4 is 20.1 Å². The van der Waals surface area contributed by atoms with Gasteiger partial charge in [-0.15, -0.1) is 0 Å². The van der Waals surface area contributed by atoms with E-state index in [2.05, 4.69) is 10.6 Å². The zero-order valence-electron chi connectivity index (χ0n) is 18.1. The Bertz CT molecular complexity index is 954. The molecule has 2 aromatic carbocycles. The van der Waals surface area contributed by atoms with E-state index in [9.17, 15) is 9.59 Å². The number of hydrogen-bond acceptors (Lipinski definition) is 5. The van der Waals surface area contributed by atoms with Gasteiger partial charge >= 0.3 is 0 Å². The van der Waals surface area contributed by atoms with Gasteiger partial charge in [0.05, 0.1) is 14.2 Å². The number of benzene rings is 2. The van der Waals surface area contributed by atoms with Gasteiger partial charge in [0.15, 0.2) is 16.6 Å². The fourth-order valence-electron chi connectivity index (χ4n) is 2.83. The van der Waals surface area contributed by atoms with E-state index in [0.717, 1.165) is 5.56 Å². The molecule has 2 aromatic rings. The van der Waals surface area contributed by atoms with Crippen molar-refractivity contribution in [3.05, 3.63) is 59.7 Å². The van der Waals surface area contributed by atoms with Gasteiger partial charge in [-0.3, -0.25) is 14.9 Å². The number of hydrogen-bond donors (Lipinski definition) is 2. The number of carbonyl (C=O) groups excluding carboxylic acids is 2. The molecular weight excluding hydrogens is 414 g/mol. The molecule has 164 valence electrons. The SMILES string of the molecule is CCN(CC)C(=O)c1ccc(NC(=S)NC(=O)/C=C/c2ccc(OC)c(OC)c2)cc1. The Labute approximate surface area is 188 Å². The molecule has 0 bridgehead atoms. The third kappa shape index (κ3) is 6.82. The summed E-state index contributed by atoms with van der Waals surface area (Å²) >= 11 is 5.19. The minimum absolute atomic E-state index is 0.0206. The maximum absolute atomic E-state index is 12.4. The van der Waals surface area contributed by atoms with Crippen LogP contribution in [0.25, 0.3) is 6.08 Å². The Morgan fingerprint density at radius 3 is 2.23 bits per heavy atom. The van der Waals surface area contributed by atoms with Gasteiger partial charge in [-0.2, -0.15) is 0 Å². The second-order valence-electron chi connectivity index (χ2n) is 6.45. The summed E-state index contributed by atoms with van der Waals surface area (Å²) in [6.07, 6.45) is 3.02. The molecule has 0 aromatic heterocycles. The second-order valence-corrected chi connectivity index (χ2v) is 6.85. The molecule has 2 N–H and O–H groups in total. The summed E-state index contributed by atoms with van der Waals surface area (Å²) in [5, 5.41) is 5.68. The highest BCUT2D eigenvalue weighted by Gasteiger charge is 2.12. The van der Waals surface area contributed by atoms with Crippen molar-refractivity contribution in [2.75, 3.05) is 32.6 Å². The lowest BCUT2D eigenvalue weighted by Gasteiger charge is -2.18. The minimum atomic E-state index is -0.374. The number of carbonyl (C=O) groups is 2. The first kappa shape index (κ1) is 23.9. The highest BCUT2D eigenvalue weighted by atomic mass is 32.1. The van der Waals surface area contributed by atoms with E-state index < -0.39 is 0 Å². The minimum Gasteiger partial charge on any atom is -0.493 e. The predicted molar refractivity (Wildman–Crippen MR) is 127 cm³/mol. The molecule has 2 amide bonds. The summed E-state index contributed by atoms with van der Waals surface area (Å²) in [6.45, 7) is 5.20. The molecule has 0 spiro atoms. The molecule has 0 fully saturated rings. The molecular formula is C23H27N3O4S.